The summed E-state index contributed by atoms with van der Waals surface area (Å²) in [6.07, 6.45) is 0.821. The SMILES string of the molecule is CC#CCC(NC)c1cc(Br)ccc1Br. The minimum atomic E-state index is 0.268. The van der Waals surface area contributed by atoms with Crippen molar-refractivity contribution in [2.24, 2.45) is 0 Å². The molecule has 80 valence electrons. The van der Waals surface area contributed by atoms with Crippen molar-refractivity contribution in [1.29, 1.82) is 0 Å². The summed E-state index contributed by atoms with van der Waals surface area (Å²) in [6, 6.07) is 6.45. The Morgan fingerprint density at radius 2 is 2.13 bits per heavy atom. The van der Waals surface area contributed by atoms with Crippen LogP contribution in [0.2, 0.25) is 0 Å². The Hall–Kier alpha value is -0.300. The number of halogens is 2. The first-order chi connectivity index (χ1) is 7.19. The van der Waals surface area contributed by atoms with Crippen LogP contribution in [-0.2, 0) is 0 Å². The van der Waals surface area contributed by atoms with Gasteiger partial charge in [-0.05, 0) is 37.7 Å². The highest BCUT2D eigenvalue weighted by Crippen LogP contribution is 2.28. The molecule has 0 spiro atoms. The molecule has 1 unspecified atom stereocenters. The molecule has 1 nitrogen and oxygen atoms in total. The fourth-order valence-electron chi connectivity index (χ4n) is 1.35. The Morgan fingerprint density at radius 1 is 1.40 bits per heavy atom. The molecule has 0 amide bonds. The minimum Gasteiger partial charge on any atom is -0.312 e. The molecule has 0 saturated heterocycles. The predicted octanol–water partition coefficient (Wildman–Crippen LogP) is 3.89. The average molecular weight is 331 g/mol. The molecule has 0 aromatic heterocycles. The van der Waals surface area contributed by atoms with Crippen molar-refractivity contribution in [3.63, 3.8) is 0 Å². The average Bonchev–Trinajstić information content (AvgIpc) is 2.24. The van der Waals surface area contributed by atoms with Crippen molar-refractivity contribution in [3.05, 3.63) is 32.7 Å². The van der Waals surface area contributed by atoms with E-state index in [0.29, 0.717) is 0 Å². The van der Waals surface area contributed by atoms with Crippen LogP contribution in [0, 0.1) is 11.8 Å². The highest BCUT2D eigenvalue weighted by molar-refractivity contribution is 9.11. The second-order valence-electron chi connectivity index (χ2n) is 3.14. The molecule has 0 radical (unpaired) electrons. The van der Waals surface area contributed by atoms with Crippen LogP contribution in [0.3, 0.4) is 0 Å². The van der Waals surface area contributed by atoms with Gasteiger partial charge in [0.05, 0.1) is 0 Å². The lowest BCUT2D eigenvalue weighted by Crippen LogP contribution is -2.16. The van der Waals surface area contributed by atoms with E-state index in [1.54, 1.807) is 0 Å². The molecule has 1 aromatic rings. The Kier molecular flexibility index (Phi) is 5.38. The number of hydrogen-bond donors (Lipinski definition) is 1. The first-order valence-corrected chi connectivity index (χ1v) is 6.29. The third-order valence-electron chi connectivity index (χ3n) is 2.16. The van der Waals surface area contributed by atoms with Gasteiger partial charge in [0.2, 0.25) is 0 Å². The largest absolute Gasteiger partial charge is 0.312 e. The molecule has 15 heavy (non-hydrogen) atoms. The zero-order valence-corrected chi connectivity index (χ0v) is 11.9. The van der Waals surface area contributed by atoms with Gasteiger partial charge >= 0.3 is 0 Å². The molecule has 0 aliphatic carbocycles. The van der Waals surface area contributed by atoms with E-state index in [1.807, 2.05) is 26.1 Å². The first kappa shape index (κ1) is 12.8. The lowest BCUT2D eigenvalue weighted by atomic mass is 10.0. The maximum absolute atomic E-state index is 3.55. The number of rotatable bonds is 3. The Morgan fingerprint density at radius 3 is 2.73 bits per heavy atom. The molecular formula is C12H13Br2N. The molecule has 0 fully saturated rings. The summed E-state index contributed by atoms with van der Waals surface area (Å²) in [6.45, 7) is 1.86. The van der Waals surface area contributed by atoms with Crippen molar-refractivity contribution < 1.29 is 0 Å². The summed E-state index contributed by atoms with van der Waals surface area (Å²) in [5.74, 6) is 6.02. The van der Waals surface area contributed by atoms with Crippen LogP contribution in [0.1, 0.15) is 24.9 Å². The van der Waals surface area contributed by atoms with E-state index in [9.17, 15) is 0 Å². The molecule has 1 rings (SSSR count). The molecular weight excluding hydrogens is 318 g/mol. The van der Waals surface area contributed by atoms with Crippen LogP contribution in [0.25, 0.3) is 0 Å². The number of hydrogen-bond acceptors (Lipinski definition) is 1. The van der Waals surface area contributed by atoms with Gasteiger partial charge < -0.3 is 5.32 Å². The summed E-state index contributed by atoms with van der Waals surface area (Å²) in [4.78, 5) is 0. The zero-order valence-electron chi connectivity index (χ0n) is 8.77. The third kappa shape index (κ3) is 3.64. The normalized spacial score (nSPS) is 11.7. The number of benzene rings is 1. The zero-order chi connectivity index (χ0) is 11.3. The van der Waals surface area contributed by atoms with Crippen LogP contribution >= 0.6 is 31.9 Å². The molecule has 0 bridgehead atoms. The van der Waals surface area contributed by atoms with E-state index in [2.05, 4.69) is 55.1 Å². The Bertz CT molecular complexity index is 390. The van der Waals surface area contributed by atoms with Gasteiger partial charge in [0, 0.05) is 21.4 Å². The minimum absolute atomic E-state index is 0.268. The maximum Gasteiger partial charge on any atom is 0.0440 e. The summed E-state index contributed by atoms with van der Waals surface area (Å²) in [5.41, 5.74) is 1.23. The first-order valence-electron chi connectivity index (χ1n) is 4.71. The number of nitrogens with one attached hydrogen (secondary N) is 1. The van der Waals surface area contributed by atoms with Crippen LogP contribution in [0.15, 0.2) is 27.1 Å². The summed E-state index contributed by atoms with van der Waals surface area (Å²) < 4.78 is 2.20. The highest BCUT2D eigenvalue weighted by atomic mass is 79.9. The van der Waals surface area contributed by atoms with Gasteiger partial charge in [0.25, 0.3) is 0 Å². The van der Waals surface area contributed by atoms with Gasteiger partial charge in [0.1, 0.15) is 0 Å². The Balaban J connectivity index is 2.98. The van der Waals surface area contributed by atoms with E-state index in [0.717, 1.165) is 15.4 Å². The second-order valence-corrected chi connectivity index (χ2v) is 4.91. The topological polar surface area (TPSA) is 12.0 Å². The third-order valence-corrected chi connectivity index (χ3v) is 3.38. The van der Waals surface area contributed by atoms with E-state index < -0.39 is 0 Å². The van der Waals surface area contributed by atoms with Gasteiger partial charge in [-0.3, -0.25) is 0 Å². The van der Waals surface area contributed by atoms with Crippen LogP contribution in [-0.4, -0.2) is 7.05 Å². The van der Waals surface area contributed by atoms with Crippen molar-refractivity contribution >= 4 is 31.9 Å². The van der Waals surface area contributed by atoms with Gasteiger partial charge in [0.15, 0.2) is 0 Å². The summed E-state index contributed by atoms with van der Waals surface area (Å²) >= 11 is 7.03. The molecule has 1 N–H and O–H groups in total. The molecule has 0 aliphatic heterocycles. The predicted molar refractivity (Wildman–Crippen MR) is 71.7 cm³/mol. The van der Waals surface area contributed by atoms with Crippen molar-refractivity contribution in [3.8, 4) is 11.8 Å². The molecule has 0 heterocycles. The van der Waals surface area contributed by atoms with Crippen molar-refractivity contribution in [2.45, 2.75) is 19.4 Å². The molecule has 0 saturated carbocycles. The van der Waals surface area contributed by atoms with E-state index in [1.165, 1.54) is 5.56 Å². The molecule has 1 atom stereocenters. The molecule has 1 aromatic carbocycles. The maximum atomic E-state index is 3.55. The highest BCUT2D eigenvalue weighted by Gasteiger charge is 2.11. The van der Waals surface area contributed by atoms with Crippen molar-refractivity contribution in [2.75, 3.05) is 7.05 Å². The molecule has 0 aliphatic rings. The monoisotopic (exact) mass is 329 g/mol. The fraction of sp³-hybridized carbons (Fsp3) is 0.333. The lowest BCUT2D eigenvalue weighted by molar-refractivity contribution is 0.608. The Labute approximate surface area is 108 Å². The quantitative estimate of drug-likeness (QED) is 0.829. The van der Waals surface area contributed by atoms with E-state index in [-0.39, 0.29) is 6.04 Å². The van der Waals surface area contributed by atoms with E-state index in [4.69, 9.17) is 0 Å². The second kappa shape index (κ2) is 6.32. The fourth-order valence-corrected chi connectivity index (χ4v) is 2.26. The van der Waals surface area contributed by atoms with Crippen molar-refractivity contribution in [1.82, 2.24) is 5.32 Å². The van der Waals surface area contributed by atoms with Gasteiger partial charge in [-0.1, -0.05) is 31.9 Å². The lowest BCUT2D eigenvalue weighted by Gasteiger charge is -2.15. The van der Waals surface area contributed by atoms with E-state index >= 15 is 0 Å². The summed E-state index contributed by atoms with van der Waals surface area (Å²) in [5, 5.41) is 3.27. The smallest absolute Gasteiger partial charge is 0.0440 e. The van der Waals surface area contributed by atoms with Gasteiger partial charge in [-0.2, -0.15) is 0 Å². The van der Waals surface area contributed by atoms with Gasteiger partial charge in [-0.15, -0.1) is 11.8 Å². The van der Waals surface area contributed by atoms with Crippen LogP contribution in [0.4, 0.5) is 0 Å². The summed E-state index contributed by atoms with van der Waals surface area (Å²) in [7, 11) is 1.95. The van der Waals surface area contributed by atoms with Crippen LogP contribution in [0.5, 0.6) is 0 Å². The van der Waals surface area contributed by atoms with Crippen LogP contribution < -0.4 is 5.32 Å². The van der Waals surface area contributed by atoms with Gasteiger partial charge in [-0.25, -0.2) is 0 Å². The standard InChI is InChI=1S/C12H13Br2N/c1-3-4-5-12(15-2)10-8-9(13)6-7-11(10)14/h6-8,12,15H,5H2,1-2H3. The molecule has 3 heteroatoms.